The first-order valence-electron chi connectivity index (χ1n) is 18.5. The molecule has 252 valence electrons. The van der Waals surface area contributed by atoms with Crippen LogP contribution in [-0.2, 0) is 9.53 Å². The van der Waals surface area contributed by atoms with Crippen LogP contribution in [0, 0.1) is 17.8 Å². The lowest BCUT2D eigenvalue weighted by Gasteiger charge is -2.15. The van der Waals surface area contributed by atoms with Crippen molar-refractivity contribution in [1.29, 1.82) is 0 Å². The van der Waals surface area contributed by atoms with E-state index in [9.17, 15) is 4.79 Å². The smallest absolute Gasteiger partial charge is 0.331 e. The van der Waals surface area contributed by atoms with Crippen molar-refractivity contribution in [2.24, 2.45) is 17.8 Å². The minimum atomic E-state index is -0.299. The lowest BCUT2D eigenvalue weighted by atomic mass is 9.91. The highest BCUT2D eigenvalue weighted by molar-refractivity contribution is 5.82. The fourth-order valence-electron chi connectivity index (χ4n) is 5.39. The fraction of sp³-hybridized carbons (Fsp3) is 0.690. The Morgan fingerprint density at radius 3 is 1.68 bits per heavy atom. The molecule has 0 aromatic carbocycles. The van der Waals surface area contributed by atoms with E-state index < -0.39 is 0 Å². The van der Waals surface area contributed by atoms with Gasteiger partial charge in [0.15, 0.2) is 0 Å². The second-order valence-corrected chi connectivity index (χ2v) is 13.6. The second kappa shape index (κ2) is 32.3. The zero-order valence-corrected chi connectivity index (χ0v) is 30.0. The average molecular weight is 609 g/mol. The van der Waals surface area contributed by atoms with Gasteiger partial charge in [-0.15, -0.1) is 0 Å². The minimum absolute atomic E-state index is 0.299. The van der Waals surface area contributed by atoms with Crippen molar-refractivity contribution in [3.63, 3.8) is 0 Å². The van der Waals surface area contributed by atoms with E-state index in [1.807, 2.05) is 36.5 Å². The summed E-state index contributed by atoms with van der Waals surface area (Å²) in [6.07, 6.45) is 46.8. The van der Waals surface area contributed by atoms with Crippen molar-refractivity contribution < 1.29 is 9.53 Å². The number of ether oxygens (including phenoxy) is 1. The molecule has 0 aliphatic heterocycles. The van der Waals surface area contributed by atoms with Crippen molar-refractivity contribution in [2.75, 3.05) is 6.61 Å². The molecule has 0 rings (SSSR count). The second-order valence-electron chi connectivity index (χ2n) is 13.6. The highest BCUT2D eigenvalue weighted by Crippen LogP contribution is 2.22. The van der Waals surface area contributed by atoms with Crippen molar-refractivity contribution in [3.05, 3.63) is 72.4 Å². The molecule has 2 atom stereocenters. The number of carbonyl (C=O) groups excluding carboxylic acids is 1. The van der Waals surface area contributed by atoms with Crippen LogP contribution < -0.4 is 0 Å². The first kappa shape index (κ1) is 41.9. The quantitative estimate of drug-likeness (QED) is 0.0277. The number of carbonyl (C=O) groups is 1. The minimum Gasteiger partial charge on any atom is -0.458 e. The highest BCUT2D eigenvalue weighted by atomic mass is 16.5. The van der Waals surface area contributed by atoms with E-state index in [-0.39, 0.29) is 5.97 Å². The molecular weight excluding hydrogens is 536 g/mol. The number of hydrogen-bond donors (Lipinski definition) is 0. The first-order valence-corrected chi connectivity index (χ1v) is 18.5. The maximum Gasteiger partial charge on any atom is 0.331 e. The molecule has 0 N–H and O–H groups in total. The van der Waals surface area contributed by atoms with Gasteiger partial charge in [0.05, 0.1) is 0 Å². The summed E-state index contributed by atoms with van der Waals surface area (Å²) in [6.45, 7) is 14.2. The summed E-state index contributed by atoms with van der Waals surface area (Å²) in [7, 11) is 0. The van der Waals surface area contributed by atoms with Crippen LogP contribution in [0.3, 0.4) is 0 Å². The maximum atomic E-state index is 11.9. The summed E-state index contributed by atoms with van der Waals surface area (Å²) in [6, 6.07) is 0. The van der Waals surface area contributed by atoms with Gasteiger partial charge in [-0.05, 0) is 56.4 Å². The Morgan fingerprint density at radius 1 is 0.591 bits per heavy atom. The summed E-state index contributed by atoms with van der Waals surface area (Å²) in [4.78, 5) is 11.9. The summed E-state index contributed by atoms with van der Waals surface area (Å²) in [5, 5.41) is 0. The average Bonchev–Trinajstić information content (AvgIpc) is 2.98. The van der Waals surface area contributed by atoms with Gasteiger partial charge < -0.3 is 4.74 Å². The normalized spacial score (nSPS) is 14.4. The Hall–Kier alpha value is -2.09. The van der Waals surface area contributed by atoms with Crippen LogP contribution in [0.15, 0.2) is 72.4 Å². The molecule has 0 saturated heterocycles. The lowest BCUT2D eigenvalue weighted by Crippen LogP contribution is -2.01. The Bertz CT molecular complexity index is 823. The Morgan fingerprint density at radius 2 is 1.09 bits per heavy atom. The molecule has 0 saturated carbocycles. The zero-order valence-electron chi connectivity index (χ0n) is 30.0. The van der Waals surface area contributed by atoms with E-state index in [0.717, 1.165) is 30.6 Å². The monoisotopic (exact) mass is 609 g/mol. The molecule has 0 amide bonds. The van der Waals surface area contributed by atoms with Gasteiger partial charge in [0.2, 0.25) is 0 Å². The Kier molecular flexibility index (Phi) is 30.8. The molecule has 2 unspecified atom stereocenters. The van der Waals surface area contributed by atoms with Crippen LogP contribution in [0.1, 0.15) is 164 Å². The third-order valence-electron chi connectivity index (χ3n) is 8.42. The SMILES string of the molecule is CCCCCCCCCCC/C=C/C=C/C=C/C=C/C=C/C(=O)OC/C=C(\C)CCCC(C)CCCC(C)CCCC(C)C. The van der Waals surface area contributed by atoms with Crippen molar-refractivity contribution in [3.8, 4) is 0 Å². The van der Waals surface area contributed by atoms with Gasteiger partial charge >= 0.3 is 5.97 Å². The standard InChI is InChI=1S/C42H72O2/c1-7-8-9-10-11-12-13-14-15-16-17-18-19-20-21-22-23-24-25-35-42(43)44-37-36-41(6)34-28-33-40(5)32-27-31-39(4)30-26-29-38(2)3/h17-25,35-36,38-40H,7-16,26-34,37H2,1-6H3/b18-17+,20-19+,22-21+,24-23+,35-25+,41-36+. The number of hydrogen-bond acceptors (Lipinski definition) is 2. The highest BCUT2D eigenvalue weighted by Gasteiger charge is 2.07. The van der Waals surface area contributed by atoms with Gasteiger partial charge in [-0.25, -0.2) is 4.79 Å². The largest absolute Gasteiger partial charge is 0.458 e. The molecule has 2 heteroatoms. The number of esters is 1. The first-order chi connectivity index (χ1) is 21.3. The predicted octanol–water partition coefficient (Wildman–Crippen LogP) is 13.6. The van der Waals surface area contributed by atoms with Gasteiger partial charge in [0.1, 0.15) is 6.61 Å². The predicted molar refractivity (Wildman–Crippen MR) is 197 cm³/mol. The topological polar surface area (TPSA) is 26.3 Å². The van der Waals surface area contributed by atoms with Crippen LogP contribution in [0.25, 0.3) is 0 Å². The molecule has 0 heterocycles. The zero-order chi connectivity index (χ0) is 32.5. The molecule has 0 aliphatic carbocycles. The molecule has 0 aliphatic rings. The Labute approximate surface area is 275 Å². The van der Waals surface area contributed by atoms with Crippen molar-refractivity contribution in [2.45, 2.75) is 164 Å². The third kappa shape index (κ3) is 32.8. The van der Waals surface area contributed by atoms with Crippen LogP contribution >= 0.6 is 0 Å². The van der Waals surface area contributed by atoms with Gasteiger partial charge in [-0.1, -0.05) is 191 Å². The maximum absolute atomic E-state index is 11.9. The molecule has 0 aromatic heterocycles. The van der Waals surface area contributed by atoms with E-state index >= 15 is 0 Å². The molecule has 0 spiro atoms. The molecule has 0 fully saturated rings. The van der Waals surface area contributed by atoms with Crippen molar-refractivity contribution in [1.82, 2.24) is 0 Å². The van der Waals surface area contributed by atoms with Crippen LogP contribution in [-0.4, -0.2) is 12.6 Å². The molecule has 0 aromatic rings. The van der Waals surface area contributed by atoms with E-state index in [4.69, 9.17) is 4.74 Å². The fourth-order valence-corrected chi connectivity index (χ4v) is 5.39. The molecule has 44 heavy (non-hydrogen) atoms. The molecule has 2 nitrogen and oxygen atoms in total. The number of rotatable bonds is 29. The number of unbranched alkanes of at least 4 members (excludes halogenated alkanes) is 9. The molecule has 0 bridgehead atoms. The van der Waals surface area contributed by atoms with Gasteiger partial charge in [0, 0.05) is 6.08 Å². The molecular formula is C42H72O2. The molecule has 0 radical (unpaired) electrons. The summed E-state index contributed by atoms with van der Waals surface area (Å²) in [5.41, 5.74) is 1.31. The van der Waals surface area contributed by atoms with E-state index in [2.05, 4.69) is 59.8 Å². The number of allylic oxidation sites excluding steroid dienone is 10. The van der Waals surface area contributed by atoms with Gasteiger partial charge in [0.25, 0.3) is 0 Å². The Balaban J connectivity index is 3.82. The van der Waals surface area contributed by atoms with E-state index in [0.29, 0.717) is 6.61 Å². The van der Waals surface area contributed by atoms with Gasteiger partial charge in [-0.2, -0.15) is 0 Å². The van der Waals surface area contributed by atoms with E-state index in [1.54, 1.807) is 6.08 Å². The van der Waals surface area contributed by atoms with Crippen LogP contribution in [0.5, 0.6) is 0 Å². The summed E-state index contributed by atoms with van der Waals surface area (Å²) >= 11 is 0. The van der Waals surface area contributed by atoms with Gasteiger partial charge in [-0.3, -0.25) is 0 Å². The van der Waals surface area contributed by atoms with Crippen LogP contribution in [0.2, 0.25) is 0 Å². The van der Waals surface area contributed by atoms with Crippen LogP contribution in [0.4, 0.5) is 0 Å². The third-order valence-corrected chi connectivity index (χ3v) is 8.42. The van der Waals surface area contributed by atoms with E-state index in [1.165, 1.54) is 121 Å². The van der Waals surface area contributed by atoms with Crippen molar-refractivity contribution >= 4 is 5.97 Å². The summed E-state index contributed by atoms with van der Waals surface area (Å²) < 4.78 is 5.32. The lowest BCUT2D eigenvalue weighted by molar-refractivity contribution is -0.136. The summed E-state index contributed by atoms with van der Waals surface area (Å²) in [5.74, 6) is 2.20.